The lowest BCUT2D eigenvalue weighted by Crippen LogP contribution is -2.23. The van der Waals surface area contributed by atoms with Crippen molar-refractivity contribution in [1.82, 2.24) is 4.98 Å². The first-order valence-corrected chi connectivity index (χ1v) is 7.40. The highest BCUT2D eigenvalue weighted by molar-refractivity contribution is 6.31. The van der Waals surface area contributed by atoms with Crippen molar-refractivity contribution in [2.75, 3.05) is 23.3 Å². The van der Waals surface area contributed by atoms with Crippen LogP contribution in [0.25, 0.3) is 0 Å². The minimum atomic E-state index is -0.527. The summed E-state index contributed by atoms with van der Waals surface area (Å²) in [5.74, 6) is -0.891. The number of anilines is 2. The molecule has 1 heterocycles. The third-order valence-corrected chi connectivity index (χ3v) is 3.57. The molecule has 0 saturated carbocycles. The van der Waals surface area contributed by atoms with Crippen LogP contribution in [0.3, 0.4) is 0 Å². The molecule has 1 aromatic carbocycles. The van der Waals surface area contributed by atoms with Gasteiger partial charge in [0, 0.05) is 30.7 Å². The van der Waals surface area contributed by atoms with Crippen LogP contribution in [0.15, 0.2) is 36.5 Å². The standard InChI is InChI=1S/C16H17ClFN3O/c1-3-21(4-2)12-7-8-19-15(10-12)16(22)20-11-5-6-14(18)13(17)9-11/h5-10H,3-4H2,1-2H3,(H,20,22). The molecular weight excluding hydrogens is 305 g/mol. The number of nitrogens with one attached hydrogen (secondary N) is 1. The zero-order valence-electron chi connectivity index (χ0n) is 12.4. The van der Waals surface area contributed by atoms with Crippen molar-refractivity contribution in [3.63, 3.8) is 0 Å². The van der Waals surface area contributed by atoms with E-state index in [2.05, 4.69) is 15.2 Å². The summed E-state index contributed by atoms with van der Waals surface area (Å²) in [5, 5.41) is 2.62. The van der Waals surface area contributed by atoms with E-state index in [1.165, 1.54) is 18.2 Å². The SMILES string of the molecule is CCN(CC)c1ccnc(C(=O)Nc2ccc(F)c(Cl)c2)c1. The number of carbonyl (C=O) groups excluding carboxylic acids is 1. The molecule has 0 aliphatic rings. The van der Waals surface area contributed by atoms with Gasteiger partial charge >= 0.3 is 0 Å². The van der Waals surface area contributed by atoms with E-state index in [4.69, 9.17) is 11.6 Å². The molecule has 1 N–H and O–H groups in total. The lowest BCUT2D eigenvalue weighted by atomic mass is 10.2. The first-order valence-electron chi connectivity index (χ1n) is 7.02. The molecule has 0 atom stereocenters. The van der Waals surface area contributed by atoms with Gasteiger partial charge in [-0.1, -0.05) is 11.6 Å². The van der Waals surface area contributed by atoms with Crippen LogP contribution in [0.5, 0.6) is 0 Å². The predicted octanol–water partition coefficient (Wildman–Crippen LogP) is 3.97. The van der Waals surface area contributed by atoms with Crippen molar-refractivity contribution in [3.05, 3.63) is 53.1 Å². The number of carbonyl (C=O) groups is 1. The maximum Gasteiger partial charge on any atom is 0.274 e. The first kappa shape index (κ1) is 16.2. The van der Waals surface area contributed by atoms with E-state index in [-0.39, 0.29) is 10.9 Å². The summed E-state index contributed by atoms with van der Waals surface area (Å²) < 4.78 is 13.1. The number of nitrogens with zero attached hydrogens (tertiary/aromatic N) is 2. The fourth-order valence-corrected chi connectivity index (χ4v) is 2.28. The van der Waals surface area contributed by atoms with Crippen LogP contribution in [0.2, 0.25) is 5.02 Å². The molecule has 2 rings (SSSR count). The Morgan fingerprint density at radius 2 is 2.00 bits per heavy atom. The molecule has 0 saturated heterocycles. The fourth-order valence-electron chi connectivity index (χ4n) is 2.10. The van der Waals surface area contributed by atoms with Crippen molar-refractivity contribution in [2.45, 2.75) is 13.8 Å². The van der Waals surface area contributed by atoms with Crippen LogP contribution in [-0.2, 0) is 0 Å². The molecule has 0 spiro atoms. The average Bonchev–Trinajstić information content (AvgIpc) is 2.52. The van der Waals surface area contributed by atoms with Gasteiger partial charge in [0.15, 0.2) is 0 Å². The number of rotatable bonds is 5. The average molecular weight is 322 g/mol. The maximum atomic E-state index is 13.1. The van der Waals surface area contributed by atoms with Crippen LogP contribution in [0.4, 0.5) is 15.8 Å². The summed E-state index contributed by atoms with van der Waals surface area (Å²) in [6.45, 7) is 5.78. The van der Waals surface area contributed by atoms with Crippen molar-refractivity contribution in [3.8, 4) is 0 Å². The summed E-state index contributed by atoms with van der Waals surface area (Å²) in [7, 11) is 0. The van der Waals surface area contributed by atoms with E-state index in [1.54, 1.807) is 12.3 Å². The van der Waals surface area contributed by atoms with Gasteiger partial charge in [0.25, 0.3) is 5.91 Å². The molecule has 1 amide bonds. The lowest BCUT2D eigenvalue weighted by Gasteiger charge is -2.21. The summed E-state index contributed by atoms with van der Waals surface area (Å²) >= 11 is 5.70. The Balaban J connectivity index is 2.18. The van der Waals surface area contributed by atoms with E-state index in [1.807, 2.05) is 19.9 Å². The highest BCUT2D eigenvalue weighted by Crippen LogP contribution is 2.20. The number of hydrogen-bond acceptors (Lipinski definition) is 3. The molecule has 0 fully saturated rings. The number of aromatic nitrogens is 1. The van der Waals surface area contributed by atoms with Crippen LogP contribution in [0.1, 0.15) is 24.3 Å². The maximum absolute atomic E-state index is 13.1. The van der Waals surface area contributed by atoms with E-state index in [0.29, 0.717) is 11.4 Å². The van der Waals surface area contributed by atoms with Gasteiger partial charge in [-0.2, -0.15) is 0 Å². The highest BCUT2D eigenvalue weighted by atomic mass is 35.5. The Kier molecular flexibility index (Phi) is 5.33. The predicted molar refractivity (Wildman–Crippen MR) is 87.2 cm³/mol. The summed E-state index contributed by atoms with van der Waals surface area (Å²) in [5.41, 5.74) is 1.65. The number of benzene rings is 1. The topological polar surface area (TPSA) is 45.2 Å². The quantitative estimate of drug-likeness (QED) is 0.906. The van der Waals surface area contributed by atoms with Gasteiger partial charge in [-0.25, -0.2) is 4.39 Å². The zero-order chi connectivity index (χ0) is 16.1. The van der Waals surface area contributed by atoms with Gasteiger partial charge in [-0.3, -0.25) is 9.78 Å². The third kappa shape index (κ3) is 3.74. The van der Waals surface area contributed by atoms with Crippen LogP contribution in [-0.4, -0.2) is 24.0 Å². The van der Waals surface area contributed by atoms with Gasteiger partial charge in [0.05, 0.1) is 5.02 Å². The molecule has 4 nitrogen and oxygen atoms in total. The summed E-state index contributed by atoms with van der Waals surface area (Å²) in [4.78, 5) is 18.4. The molecule has 0 bridgehead atoms. The molecule has 0 aliphatic heterocycles. The smallest absolute Gasteiger partial charge is 0.274 e. The first-order chi connectivity index (χ1) is 10.5. The largest absolute Gasteiger partial charge is 0.372 e. The van der Waals surface area contributed by atoms with Crippen LogP contribution < -0.4 is 10.2 Å². The zero-order valence-corrected chi connectivity index (χ0v) is 13.2. The van der Waals surface area contributed by atoms with Crippen molar-refractivity contribution in [1.29, 1.82) is 0 Å². The molecule has 0 unspecified atom stereocenters. The lowest BCUT2D eigenvalue weighted by molar-refractivity contribution is 0.102. The van der Waals surface area contributed by atoms with Crippen molar-refractivity contribution >= 4 is 28.9 Å². The number of amides is 1. The molecule has 1 aromatic heterocycles. The van der Waals surface area contributed by atoms with Gasteiger partial charge in [0.1, 0.15) is 11.5 Å². The Hall–Kier alpha value is -2.14. The van der Waals surface area contributed by atoms with Gasteiger partial charge in [-0.05, 0) is 44.2 Å². The van der Waals surface area contributed by atoms with E-state index in [0.717, 1.165) is 18.8 Å². The van der Waals surface area contributed by atoms with Crippen LogP contribution >= 0.6 is 11.6 Å². The van der Waals surface area contributed by atoms with E-state index in [9.17, 15) is 9.18 Å². The fraction of sp³-hybridized carbons (Fsp3) is 0.250. The van der Waals surface area contributed by atoms with Crippen LogP contribution in [0, 0.1) is 5.82 Å². The minimum Gasteiger partial charge on any atom is -0.372 e. The van der Waals surface area contributed by atoms with Gasteiger partial charge in [-0.15, -0.1) is 0 Å². The molecule has 2 aromatic rings. The summed E-state index contributed by atoms with van der Waals surface area (Å²) in [6.07, 6.45) is 1.60. The summed E-state index contributed by atoms with van der Waals surface area (Å²) in [6, 6.07) is 7.61. The molecular formula is C16H17ClFN3O. The highest BCUT2D eigenvalue weighted by Gasteiger charge is 2.11. The second-order valence-electron chi connectivity index (χ2n) is 4.65. The minimum absolute atomic E-state index is 0.0392. The van der Waals surface area contributed by atoms with Crippen molar-refractivity contribution in [2.24, 2.45) is 0 Å². The number of halogens is 2. The second-order valence-corrected chi connectivity index (χ2v) is 5.06. The van der Waals surface area contributed by atoms with Crippen molar-refractivity contribution < 1.29 is 9.18 Å². The molecule has 116 valence electrons. The van der Waals surface area contributed by atoms with E-state index < -0.39 is 5.82 Å². The van der Waals surface area contributed by atoms with E-state index >= 15 is 0 Å². The Bertz CT molecular complexity index is 674. The number of hydrogen-bond donors (Lipinski definition) is 1. The monoisotopic (exact) mass is 321 g/mol. The molecule has 0 aliphatic carbocycles. The molecule has 6 heteroatoms. The third-order valence-electron chi connectivity index (χ3n) is 3.28. The Morgan fingerprint density at radius 1 is 1.27 bits per heavy atom. The Morgan fingerprint density at radius 3 is 2.64 bits per heavy atom. The Labute approximate surface area is 133 Å². The normalized spacial score (nSPS) is 10.4. The van der Waals surface area contributed by atoms with Gasteiger partial charge < -0.3 is 10.2 Å². The molecule has 22 heavy (non-hydrogen) atoms. The van der Waals surface area contributed by atoms with Gasteiger partial charge in [0.2, 0.25) is 0 Å². The number of pyridine rings is 1. The molecule has 0 radical (unpaired) electrons. The second kappa shape index (κ2) is 7.22.